The van der Waals surface area contributed by atoms with E-state index in [0.717, 1.165) is 24.2 Å². The van der Waals surface area contributed by atoms with Gasteiger partial charge in [-0.3, -0.25) is 9.59 Å². The van der Waals surface area contributed by atoms with Crippen LogP contribution in [0.4, 0.5) is 0 Å². The van der Waals surface area contributed by atoms with Gasteiger partial charge in [0.25, 0.3) is 5.91 Å². The van der Waals surface area contributed by atoms with Crippen molar-refractivity contribution in [3.8, 4) is 11.5 Å². The second-order valence-electron chi connectivity index (χ2n) is 7.89. The van der Waals surface area contributed by atoms with Gasteiger partial charge in [0.05, 0.1) is 26.2 Å². The van der Waals surface area contributed by atoms with Crippen LogP contribution in [0.15, 0.2) is 46.3 Å². The van der Waals surface area contributed by atoms with Crippen molar-refractivity contribution >= 4 is 43.5 Å². The van der Waals surface area contributed by atoms with Crippen molar-refractivity contribution < 1.29 is 32.2 Å². The minimum atomic E-state index is -3.62. The normalized spacial score (nSPS) is 14.4. The summed E-state index contributed by atoms with van der Waals surface area (Å²) < 4.78 is 44.7. The third-order valence-corrected chi connectivity index (χ3v) is 8.76. The first-order valence-electron chi connectivity index (χ1n) is 10.7. The highest BCUT2D eigenvalue weighted by Crippen LogP contribution is 2.35. The first kappa shape index (κ1) is 24.9. The Morgan fingerprint density at radius 1 is 1.06 bits per heavy atom. The van der Waals surface area contributed by atoms with Crippen LogP contribution in [0, 0.1) is 0 Å². The summed E-state index contributed by atoms with van der Waals surface area (Å²) in [4.78, 5) is 29.7. The minimum absolute atomic E-state index is 0.0310. The topological polar surface area (TPSA) is 117 Å². The molecule has 0 unspecified atom stereocenters. The monoisotopic (exact) mass is 519 g/mol. The molecular weight excluding hydrogens is 494 g/mol. The molecule has 0 spiro atoms. The number of carbonyl (C=O) groups excluding carboxylic acids is 2. The number of esters is 1. The number of aromatic nitrogens is 1. The van der Waals surface area contributed by atoms with E-state index in [1.54, 1.807) is 19.2 Å². The van der Waals surface area contributed by atoms with Gasteiger partial charge in [-0.25, -0.2) is 8.42 Å². The lowest BCUT2D eigenvalue weighted by atomic mass is 10.2. The molecule has 3 aromatic rings. The van der Waals surface area contributed by atoms with Crippen molar-refractivity contribution in [2.45, 2.75) is 30.3 Å². The molecule has 1 aliphatic carbocycles. The molecule has 0 N–H and O–H groups in total. The number of ether oxygens (including phenoxy) is 3. The standard InChI is InChI=1S/C23H25N3O7S2/c1-25(15-7-8-15)35(29,30)16-9-5-14(6-10-16)22(28)24-23-26(13-19(27)33-4)20-17(31-2)11-12-18(32-3)21(20)34-23/h5-6,9-12,15H,7-8,13H2,1-4H3. The molecule has 35 heavy (non-hydrogen) atoms. The maximum absolute atomic E-state index is 13.0. The van der Waals surface area contributed by atoms with E-state index < -0.39 is 21.9 Å². The Morgan fingerprint density at radius 2 is 1.69 bits per heavy atom. The van der Waals surface area contributed by atoms with Crippen LogP contribution in [-0.2, 0) is 26.1 Å². The van der Waals surface area contributed by atoms with Gasteiger partial charge in [0.2, 0.25) is 10.0 Å². The average molecular weight is 520 g/mol. The molecular formula is C23H25N3O7S2. The number of rotatable bonds is 8. The SMILES string of the molecule is COC(=O)Cn1c(=NC(=O)c2ccc(S(=O)(=O)N(C)C3CC3)cc2)sc2c(OC)ccc(OC)c21. The molecule has 0 aliphatic heterocycles. The number of sulfonamides is 1. The van der Waals surface area contributed by atoms with E-state index in [1.165, 1.54) is 54.5 Å². The van der Waals surface area contributed by atoms with E-state index in [4.69, 9.17) is 14.2 Å². The number of carbonyl (C=O) groups is 2. The predicted octanol–water partition coefficient (Wildman–Crippen LogP) is 2.42. The number of fused-ring (bicyclic) bond motifs is 1. The van der Waals surface area contributed by atoms with Gasteiger partial charge in [-0.05, 0) is 49.2 Å². The van der Waals surface area contributed by atoms with Crippen molar-refractivity contribution in [1.29, 1.82) is 0 Å². The average Bonchev–Trinajstić information content (AvgIpc) is 3.66. The van der Waals surface area contributed by atoms with E-state index in [1.807, 2.05) is 0 Å². The number of amides is 1. The molecule has 0 atom stereocenters. The zero-order valence-corrected chi connectivity index (χ0v) is 21.3. The van der Waals surface area contributed by atoms with Gasteiger partial charge in [0, 0.05) is 18.7 Å². The summed E-state index contributed by atoms with van der Waals surface area (Å²) in [5.41, 5.74) is 0.748. The van der Waals surface area contributed by atoms with Crippen LogP contribution in [-0.4, -0.2) is 63.6 Å². The van der Waals surface area contributed by atoms with Crippen LogP contribution in [0.1, 0.15) is 23.2 Å². The number of thiazole rings is 1. The molecule has 0 bridgehead atoms. The summed E-state index contributed by atoms with van der Waals surface area (Å²) >= 11 is 1.16. The maximum Gasteiger partial charge on any atom is 0.325 e. The van der Waals surface area contributed by atoms with Gasteiger partial charge in [0.1, 0.15) is 28.3 Å². The van der Waals surface area contributed by atoms with Gasteiger partial charge < -0.3 is 18.8 Å². The highest BCUT2D eigenvalue weighted by Gasteiger charge is 2.35. The van der Waals surface area contributed by atoms with E-state index in [-0.39, 0.29) is 27.8 Å². The molecule has 1 heterocycles. The van der Waals surface area contributed by atoms with Gasteiger partial charge in [-0.1, -0.05) is 11.3 Å². The Labute approximate surface area is 206 Å². The Kier molecular flexibility index (Phi) is 6.97. The fraction of sp³-hybridized carbons (Fsp3) is 0.348. The lowest BCUT2D eigenvalue weighted by molar-refractivity contribution is -0.141. The predicted molar refractivity (Wildman–Crippen MR) is 129 cm³/mol. The summed E-state index contributed by atoms with van der Waals surface area (Å²) in [6.07, 6.45) is 1.70. The minimum Gasteiger partial charge on any atom is -0.495 e. The number of benzene rings is 2. The van der Waals surface area contributed by atoms with E-state index in [0.29, 0.717) is 21.7 Å². The summed E-state index contributed by atoms with van der Waals surface area (Å²) in [7, 11) is 2.23. The molecule has 1 aromatic heterocycles. The first-order valence-corrected chi connectivity index (χ1v) is 12.9. The number of hydrogen-bond donors (Lipinski definition) is 0. The Balaban J connectivity index is 1.76. The molecule has 1 saturated carbocycles. The van der Waals surface area contributed by atoms with E-state index >= 15 is 0 Å². The van der Waals surface area contributed by atoms with Gasteiger partial charge in [-0.2, -0.15) is 9.30 Å². The second kappa shape index (κ2) is 9.80. The fourth-order valence-corrected chi connectivity index (χ4v) is 6.15. The van der Waals surface area contributed by atoms with Crippen molar-refractivity contribution in [2.24, 2.45) is 4.99 Å². The Morgan fingerprint density at radius 3 is 2.26 bits per heavy atom. The van der Waals surface area contributed by atoms with Crippen LogP contribution in [0.2, 0.25) is 0 Å². The lowest BCUT2D eigenvalue weighted by Crippen LogP contribution is -2.28. The second-order valence-corrected chi connectivity index (χ2v) is 10.9. The molecule has 2 aromatic carbocycles. The van der Waals surface area contributed by atoms with Gasteiger partial charge >= 0.3 is 5.97 Å². The van der Waals surface area contributed by atoms with Crippen molar-refractivity contribution in [3.63, 3.8) is 0 Å². The molecule has 186 valence electrons. The van der Waals surface area contributed by atoms with Crippen LogP contribution in [0.3, 0.4) is 0 Å². The van der Waals surface area contributed by atoms with Crippen LogP contribution < -0.4 is 14.3 Å². The maximum atomic E-state index is 13.0. The molecule has 4 rings (SSSR count). The third kappa shape index (κ3) is 4.81. The molecule has 1 aliphatic rings. The number of hydrogen-bond acceptors (Lipinski definition) is 8. The zero-order chi connectivity index (χ0) is 25.3. The summed E-state index contributed by atoms with van der Waals surface area (Å²) in [6.45, 7) is -0.198. The first-order chi connectivity index (χ1) is 16.7. The molecule has 1 amide bonds. The Bertz CT molecular complexity index is 1450. The van der Waals surface area contributed by atoms with Gasteiger partial charge in [-0.15, -0.1) is 0 Å². The lowest BCUT2D eigenvalue weighted by Gasteiger charge is -2.16. The summed E-state index contributed by atoms with van der Waals surface area (Å²) in [5.74, 6) is -0.109. The molecule has 0 radical (unpaired) electrons. The van der Waals surface area contributed by atoms with E-state index in [9.17, 15) is 18.0 Å². The molecule has 10 nitrogen and oxygen atoms in total. The van der Waals surface area contributed by atoms with E-state index in [2.05, 4.69) is 4.99 Å². The highest BCUT2D eigenvalue weighted by molar-refractivity contribution is 7.89. The van der Waals surface area contributed by atoms with Crippen LogP contribution >= 0.6 is 11.3 Å². The quantitative estimate of drug-likeness (QED) is 0.420. The molecule has 12 heteroatoms. The molecule has 1 fully saturated rings. The van der Waals surface area contributed by atoms with Crippen LogP contribution in [0.25, 0.3) is 10.2 Å². The Hall–Kier alpha value is -3.22. The summed E-state index contributed by atoms with van der Waals surface area (Å²) in [5, 5.41) is 0. The van der Waals surface area contributed by atoms with Crippen molar-refractivity contribution in [2.75, 3.05) is 28.4 Å². The highest BCUT2D eigenvalue weighted by atomic mass is 32.2. The largest absolute Gasteiger partial charge is 0.495 e. The van der Waals surface area contributed by atoms with Gasteiger partial charge in [0.15, 0.2) is 4.80 Å². The molecule has 0 saturated heterocycles. The third-order valence-electron chi connectivity index (χ3n) is 5.74. The van der Waals surface area contributed by atoms with Crippen molar-refractivity contribution in [1.82, 2.24) is 8.87 Å². The zero-order valence-electron chi connectivity index (χ0n) is 19.7. The van der Waals surface area contributed by atoms with Crippen LogP contribution in [0.5, 0.6) is 11.5 Å². The fourth-order valence-electron chi connectivity index (χ4n) is 3.60. The smallest absolute Gasteiger partial charge is 0.325 e. The van der Waals surface area contributed by atoms with Crippen molar-refractivity contribution in [3.05, 3.63) is 46.8 Å². The number of methoxy groups -OCH3 is 3. The summed E-state index contributed by atoms with van der Waals surface area (Å²) in [6, 6.07) is 9.11. The number of nitrogens with zero attached hydrogens (tertiary/aromatic N) is 3.